The second kappa shape index (κ2) is 7.20. The van der Waals surface area contributed by atoms with Crippen molar-refractivity contribution in [3.05, 3.63) is 39.9 Å². The second-order valence-electron chi connectivity index (χ2n) is 4.56. The Bertz CT molecular complexity index is 701. The lowest BCUT2D eigenvalue weighted by Gasteiger charge is -2.06. The van der Waals surface area contributed by atoms with Crippen LogP contribution in [-0.4, -0.2) is 18.6 Å². The number of hydrogen-bond acceptors (Lipinski definition) is 5. The zero-order valence-electron chi connectivity index (χ0n) is 11.5. The van der Waals surface area contributed by atoms with Gasteiger partial charge in [0, 0.05) is 11.4 Å². The topological polar surface area (TPSA) is 72.0 Å². The highest BCUT2D eigenvalue weighted by molar-refractivity contribution is 7.92. The fraction of sp³-hybridized carbons (Fsp3) is 0.385. The van der Waals surface area contributed by atoms with Gasteiger partial charge in [0.05, 0.1) is 5.75 Å². The normalized spacial score (nSPS) is 11.5. The van der Waals surface area contributed by atoms with Crippen LogP contribution in [0.5, 0.6) is 0 Å². The Hall–Kier alpha value is -1.18. The molecule has 0 saturated carbocycles. The summed E-state index contributed by atoms with van der Waals surface area (Å²) in [4.78, 5) is 0. The number of nitrogens with zero attached hydrogens (tertiary/aromatic N) is 2. The molecule has 5 nitrogen and oxygen atoms in total. The molecule has 0 atom stereocenters. The molecule has 1 N–H and O–H groups in total. The maximum Gasteiger partial charge on any atom is 0.238 e. The van der Waals surface area contributed by atoms with E-state index in [4.69, 9.17) is 11.6 Å². The molecule has 0 saturated heterocycles. The summed E-state index contributed by atoms with van der Waals surface area (Å²) < 4.78 is 26.7. The van der Waals surface area contributed by atoms with E-state index in [9.17, 15) is 8.42 Å². The van der Waals surface area contributed by atoms with Crippen molar-refractivity contribution in [3.63, 3.8) is 0 Å². The standard InChI is InChI=1S/C13H16ClN3O2S2/c1-2-3-8-12-15-16-13(20-12)17-21(18,19)9-10-6-4-5-7-11(10)14/h4-7H,2-3,8-9H2,1H3,(H,16,17). The summed E-state index contributed by atoms with van der Waals surface area (Å²) >= 11 is 7.25. The van der Waals surface area contributed by atoms with Crippen LogP contribution in [0, 0.1) is 0 Å². The third kappa shape index (κ3) is 4.94. The first kappa shape index (κ1) is 16.2. The number of benzene rings is 1. The molecule has 114 valence electrons. The van der Waals surface area contributed by atoms with Crippen molar-refractivity contribution < 1.29 is 8.42 Å². The summed E-state index contributed by atoms with van der Waals surface area (Å²) in [6.45, 7) is 2.09. The number of aryl methyl sites for hydroxylation is 1. The van der Waals surface area contributed by atoms with Crippen molar-refractivity contribution in [1.29, 1.82) is 0 Å². The fourth-order valence-corrected chi connectivity index (χ4v) is 4.22. The van der Waals surface area contributed by atoms with Crippen molar-refractivity contribution in [3.8, 4) is 0 Å². The molecule has 21 heavy (non-hydrogen) atoms. The number of hydrogen-bond donors (Lipinski definition) is 1. The number of anilines is 1. The summed E-state index contributed by atoms with van der Waals surface area (Å²) in [6, 6.07) is 6.87. The maximum absolute atomic E-state index is 12.1. The Morgan fingerprint density at radius 2 is 2.05 bits per heavy atom. The van der Waals surface area contributed by atoms with Gasteiger partial charge in [-0.1, -0.05) is 54.5 Å². The van der Waals surface area contributed by atoms with E-state index in [1.165, 1.54) is 11.3 Å². The van der Waals surface area contributed by atoms with E-state index in [1.807, 2.05) is 0 Å². The summed E-state index contributed by atoms with van der Waals surface area (Å²) in [6.07, 6.45) is 2.90. The van der Waals surface area contributed by atoms with Crippen molar-refractivity contribution in [2.45, 2.75) is 31.9 Å². The van der Waals surface area contributed by atoms with Gasteiger partial charge in [-0.3, -0.25) is 4.72 Å². The molecule has 0 aliphatic rings. The molecule has 0 aliphatic carbocycles. The first-order valence-corrected chi connectivity index (χ1v) is 9.41. The van der Waals surface area contributed by atoms with E-state index in [-0.39, 0.29) is 5.75 Å². The largest absolute Gasteiger partial charge is 0.257 e. The molecule has 2 rings (SSSR count). The van der Waals surface area contributed by atoms with Crippen molar-refractivity contribution in [2.75, 3.05) is 4.72 Å². The predicted molar refractivity (Wildman–Crippen MR) is 86.2 cm³/mol. The molecule has 0 unspecified atom stereocenters. The highest BCUT2D eigenvalue weighted by atomic mass is 35.5. The third-order valence-corrected chi connectivity index (χ3v) is 5.35. The second-order valence-corrected chi connectivity index (χ2v) is 7.75. The van der Waals surface area contributed by atoms with Gasteiger partial charge in [-0.2, -0.15) is 0 Å². The zero-order valence-corrected chi connectivity index (χ0v) is 13.9. The van der Waals surface area contributed by atoms with Gasteiger partial charge >= 0.3 is 0 Å². The highest BCUT2D eigenvalue weighted by Gasteiger charge is 2.16. The summed E-state index contributed by atoms with van der Waals surface area (Å²) in [7, 11) is -3.54. The molecule has 8 heteroatoms. The number of halogens is 1. The lowest BCUT2D eigenvalue weighted by molar-refractivity contribution is 0.600. The Kier molecular flexibility index (Phi) is 5.55. The highest BCUT2D eigenvalue weighted by Crippen LogP contribution is 2.21. The molecule has 0 aliphatic heterocycles. The number of sulfonamides is 1. The molecule has 1 heterocycles. The van der Waals surface area contributed by atoms with Gasteiger partial charge in [0.1, 0.15) is 5.01 Å². The molecule has 0 amide bonds. The number of unbranched alkanes of at least 4 members (excludes halogenated alkanes) is 1. The van der Waals surface area contributed by atoms with Gasteiger partial charge in [-0.15, -0.1) is 10.2 Å². The van der Waals surface area contributed by atoms with Gasteiger partial charge in [-0.05, 0) is 18.1 Å². The minimum atomic E-state index is -3.54. The average molecular weight is 346 g/mol. The van der Waals surface area contributed by atoms with Gasteiger partial charge in [-0.25, -0.2) is 8.42 Å². The van der Waals surface area contributed by atoms with E-state index < -0.39 is 10.0 Å². The summed E-state index contributed by atoms with van der Waals surface area (Å²) in [5.41, 5.74) is 0.558. The van der Waals surface area contributed by atoms with Crippen molar-refractivity contribution in [1.82, 2.24) is 10.2 Å². The molecule has 1 aromatic heterocycles. The Morgan fingerprint density at radius 1 is 1.29 bits per heavy atom. The van der Waals surface area contributed by atoms with E-state index in [1.54, 1.807) is 24.3 Å². The summed E-state index contributed by atoms with van der Waals surface area (Å²) in [5.74, 6) is -0.184. The van der Waals surface area contributed by atoms with Crippen LogP contribution in [0.4, 0.5) is 5.13 Å². The number of rotatable bonds is 7. The van der Waals surface area contributed by atoms with Crippen LogP contribution in [0.2, 0.25) is 5.02 Å². The molecule has 1 aromatic carbocycles. The smallest absolute Gasteiger partial charge is 0.238 e. The van der Waals surface area contributed by atoms with Crippen LogP contribution in [-0.2, 0) is 22.2 Å². The minimum absolute atomic E-state index is 0.184. The Morgan fingerprint density at radius 3 is 2.76 bits per heavy atom. The first-order chi connectivity index (χ1) is 10.00. The zero-order chi connectivity index (χ0) is 15.3. The van der Waals surface area contributed by atoms with E-state index >= 15 is 0 Å². The minimum Gasteiger partial charge on any atom is -0.257 e. The molecule has 2 aromatic rings. The van der Waals surface area contributed by atoms with Crippen LogP contribution in [0.3, 0.4) is 0 Å². The molecule has 0 bridgehead atoms. The van der Waals surface area contributed by atoms with Crippen LogP contribution >= 0.6 is 22.9 Å². The van der Waals surface area contributed by atoms with Crippen LogP contribution in [0.15, 0.2) is 24.3 Å². The lowest BCUT2D eigenvalue weighted by atomic mass is 10.2. The molecule has 0 fully saturated rings. The first-order valence-electron chi connectivity index (χ1n) is 6.56. The molecular weight excluding hydrogens is 330 g/mol. The average Bonchev–Trinajstić information content (AvgIpc) is 2.85. The van der Waals surface area contributed by atoms with Crippen molar-refractivity contribution >= 4 is 38.1 Å². The maximum atomic E-state index is 12.1. The molecule has 0 radical (unpaired) electrons. The van der Waals surface area contributed by atoms with Gasteiger partial charge in [0.2, 0.25) is 15.2 Å². The number of nitrogens with one attached hydrogen (secondary N) is 1. The van der Waals surface area contributed by atoms with Gasteiger partial charge < -0.3 is 0 Å². The Labute approximate surface area is 133 Å². The lowest BCUT2D eigenvalue weighted by Crippen LogP contribution is -2.15. The molecule has 0 spiro atoms. The van der Waals surface area contributed by atoms with Crippen LogP contribution in [0.25, 0.3) is 0 Å². The summed E-state index contributed by atoms with van der Waals surface area (Å²) in [5, 5.41) is 9.41. The van der Waals surface area contributed by atoms with Gasteiger partial charge in [0.15, 0.2) is 0 Å². The van der Waals surface area contributed by atoms with Crippen molar-refractivity contribution in [2.24, 2.45) is 0 Å². The monoisotopic (exact) mass is 345 g/mol. The van der Waals surface area contributed by atoms with Gasteiger partial charge in [0.25, 0.3) is 0 Å². The van der Waals surface area contributed by atoms with E-state index in [2.05, 4.69) is 21.8 Å². The molecular formula is C13H16ClN3O2S2. The third-order valence-electron chi connectivity index (χ3n) is 2.76. The van der Waals surface area contributed by atoms with Crippen LogP contribution < -0.4 is 4.72 Å². The van der Waals surface area contributed by atoms with Crippen LogP contribution in [0.1, 0.15) is 30.3 Å². The fourth-order valence-electron chi connectivity index (χ4n) is 1.71. The number of aromatic nitrogens is 2. The Balaban J connectivity index is 2.04. The quantitative estimate of drug-likeness (QED) is 0.833. The SMILES string of the molecule is CCCCc1nnc(NS(=O)(=O)Cc2ccccc2Cl)s1. The predicted octanol–water partition coefficient (Wildman–Crippen LogP) is 3.48. The van der Waals surface area contributed by atoms with E-state index in [0.29, 0.717) is 15.7 Å². The van der Waals surface area contributed by atoms with E-state index in [0.717, 1.165) is 24.3 Å².